The SMILES string of the molecule is CCCCCCCCCCC[C@H](CC(=O)NC1[C@@H](OC(=O)C[C@@H](CCCCCCCCCCC)OC(=O)CCCCCCCCC)[C@H](OP(=O)(O)O)C(CO)C[C@H]1OC[C@H](NC(=O)C[C@@H](CCCCCCCCCCC)OC(=O)CCCCCCCCC)C(=O)O)OC(=O)CCCCCCCCC. The minimum Gasteiger partial charge on any atom is -0.480 e. The molecule has 103 heavy (non-hydrogen) atoms. The highest BCUT2D eigenvalue weighted by Gasteiger charge is 2.51. The number of phosphoric ester groups is 1. The van der Waals surface area contributed by atoms with Gasteiger partial charge in [0.1, 0.15) is 24.4 Å². The maximum atomic E-state index is 14.9. The largest absolute Gasteiger partial charge is 0.480 e. The molecule has 1 aliphatic carbocycles. The molecular formula is C82H153N2O18P. The number of unbranched alkanes of at least 4 members (excludes halogenated alkanes) is 42. The lowest BCUT2D eigenvalue weighted by atomic mass is 9.79. The molecule has 0 radical (unpaired) electrons. The zero-order chi connectivity index (χ0) is 75.8. The molecule has 0 aliphatic heterocycles. The molecule has 21 heteroatoms. The van der Waals surface area contributed by atoms with Gasteiger partial charge in [-0.1, -0.05) is 311 Å². The number of aliphatic hydroxyl groups is 1. The van der Waals surface area contributed by atoms with Gasteiger partial charge in [0.2, 0.25) is 11.8 Å². The minimum atomic E-state index is -5.48. The van der Waals surface area contributed by atoms with Gasteiger partial charge in [-0.3, -0.25) is 33.3 Å². The summed E-state index contributed by atoms with van der Waals surface area (Å²) in [5, 5.41) is 27.3. The molecule has 0 saturated heterocycles. The van der Waals surface area contributed by atoms with Crippen molar-refractivity contribution < 1.29 is 86.3 Å². The number of rotatable bonds is 73. The average molecular weight is 1490 g/mol. The predicted octanol–water partition coefficient (Wildman–Crippen LogP) is 19.9. The minimum absolute atomic E-state index is 0.141. The van der Waals surface area contributed by atoms with Crippen molar-refractivity contribution in [1.82, 2.24) is 10.6 Å². The van der Waals surface area contributed by atoms with Crippen LogP contribution in [0, 0.1) is 5.92 Å². The van der Waals surface area contributed by atoms with Crippen LogP contribution in [-0.2, 0) is 66.3 Å². The fourth-order valence-corrected chi connectivity index (χ4v) is 14.6. The summed E-state index contributed by atoms with van der Waals surface area (Å²) in [5.74, 6) is -6.50. The van der Waals surface area contributed by atoms with Gasteiger partial charge in [0.25, 0.3) is 0 Å². The molecule has 2 amide bonds. The molecule has 0 bridgehead atoms. The fraction of sp³-hybridized carbons (Fsp3) is 0.915. The standard InChI is InChI=1S/C82H153N2O18P/c1-7-13-19-25-31-34-40-43-49-55-68(98-75(88)58-52-46-37-28-22-16-10-4)62-73(86)83-71(82(92)93)66-97-72-61-67(65-85)80(102-103(94,95)96)81(101-78(91)64-70(57-51-45-42-36-33-27-21-15-9-3)100-77(90)60-54-48-39-30-24-18-12-6)79(72)84-74(87)63-69(56-50-44-41-35-32-26-20-14-8-2)99-76(89)59-53-47-38-29-23-17-11-5/h67-72,79-81,85H,7-66H2,1-6H3,(H,83,86)(H,84,87)(H,92,93)(H2,94,95,96)/t67?,68-,69-,70-,71+,72-,79?,80-,81-/m1/s1. The molecular weight excluding hydrogens is 1330 g/mol. The number of carbonyl (C=O) groups is 7. The Kier molecular flexibility index (Phi) is 62.9. The van der Waals surface area contributed by atoms with Crippen LogP contribution < -0.4 is 10.6 Å². The van der Waals surface area contributed by atoms with Gasteiger partial charge >= 0.3 is 37.7 Å². The normalized spacial score (nSPS) is 17.3. The van der Waals surface area contributed by atoms with E-state index in [0.29, 0.717) is 57.8 Å². The van der Waals surface area contributed by atoms with E-state index in [1.54, 1.807) is 0 Å². The molecule has 0 aromatic heterocycles. The summed E-state index contributed by atoms with van der Waals surface area (Å²) in [4.78, 5) is 118. The van der Waals surface area contributed by atoms with E-state index < -0.39 is 124 Å². The predicted molar refractivity (Wildman–Crippen MR) is 410 cm³/mol. The Hall–Kier alpha value is -3.68. The average Bonchev–Trinajstić information content (AvgIpc) is 0.781. The van der Waals surface area contributed by atoms with Crippen LogP contribution in [0.3, 0.4) is 0 Å². The van der Waals surface area contributed by atoms with Crippen LogP contribution in [0.1, 0.15) is 414 Å². The molecule has 9 atom stereocenters. The van der Waals surface area contributed by atoms with Crippen molar-refractivity contribution in [1.29, 1.82) is 0 Å². The van der Waals surface area contributed by atoms with Gasteiger partial charge in [-0.05, 0) is 64.2 Å². The summed E-state index contributed by atoms with van der Waals surface area (Å²) < 4.78 is 49.3. The molecule has 1 rings (SSSR count). The fourth-order valence-electron chi connectivity index (χ4n) is 14.0. The number of carboxylic acids is 1. The van der Waals surface area contributed by atoms with Crippen LogP contribution in [0.4, 0.5) is 0 Å². The van der Waals surface area contributed by atoms with Crippen molar-refractivity contribution in [3.05, 3.63) is 0 Å². The quantitative estimate of drug-likeness (QED) is 0.0143. The highest BCUT2D eigenvalue weighted by molar-refractivity contribution is 7.46. The van der Waals surface area contributed by atoms with Crippen LogP contribution in [0.2, 0.25) is 0 Å². The maximum absolute atomic E-state index is 14.9. The summed E-state index contributed by atoms with van der Waals surface area (Å²) in [6, 6.07) is -3.29. The third kappa shape index (κ3) is 55.4. The van der Waals surface area contributed by atoms with Crippen LogP contribution >= 0.6 is 7.82 Å². The second-order valence-corrected chi connectivity index (χ2v) is 31.2. The molecule has 6 N–H and O–H groups in total. The molecule has 0 aromatic carbocycles. The second-order valence-electron chi connectivity index (χ2n) is 30.0. The van der Waals surface area contributed by atoms with E-state index in [1.165, 1.54) is 57.8 Å². The molecule has 0 heterocycles. The number of amides is 2. The first kappa shape index (κ1) is 97.3. The smallest absolute Gasteiger partial charge is 0.469 e. The van der Waals surface area contributed by atoms with Crippen molar-refractivity contribution in [2.75, 3.05) is 13.2 Å². The third-order valence-corrected chi connectivity index (χ3v) is 20.8. The van der Waals surface area contributed by atoms with Gasteiger partial charge in [-0.25, -0.2) is 9.36 Å². The number of hydrogen-bond acceptors (Lipinski definition) is 15. The van der Waals surface area contributed by atoms with E-state index in [4.69, 9.17) is 28.2 Å². The lowest BCUT2D eigenvalue weighted by Crippen LogP contribution is -2.64. The van der Waals surface area contributed by atoms with E-state index in [-0.39, 0.29) is 38.5 Å². The number of carbonyl (C=O) groups excluding carboxylic acids is 6. The highest BCUT2D eigenvalue weighted by atomic mass is 31.2. The first-order chi connectivity index (χ1) is 49.8. The van der Waals surface area contributed by atoms with E-state index in [0.717, 1.165) is 212 Å². The summed E-state index contributed by atoms with van der Waals surface area (Å²) in [6.45, 7) is 11.5. The summed E-state index contributed by atoms with van der Waals surface area (Å²) in [6.07, 6.45) is 41.3. The lowest BCUT2D eigenvalue weighted by Gasteiger charge is -2.45. The Morgan fingerprint density at radius 3 is 1.01 bits per heavy atom. The molecule has 20 nitrogen and oxygen atoms in total. The Labute approximate surface area is 625 Å². The Morgan fingerprint density at radius 1 is 0.398 bits per heavy atom. The first-order valence-corrected chi connectivity index (χ1v) is 43.9. The van der Waals surface area contributed by atoms with E-state index in [2.05, 4.69) is 52.2 Å². The molecule has 0 spiro atoms. The summed E-state index contributed by atoms with van der Waals surface area (Å²) >= 11 is 0. The second kappa shape index (κ2) is 66.5. The van der Waals surface area contributed by atoms with Crippen LogP contribution in [0.5, 0.6) is 0 Å². The Morgan fingerprint density at radius 2 is 0.699 bits per heavy atom. The Bertz CT molecular complexity index is 2170. The summed E-state index contributed by atoms with van der Waals surface area (Å²) in [5.41, 5.74) is 0. The van der Waals surface area contributed by atoms with E-state index in [1.807, 2.05) is 0 Å². The molecule has 1 aliphatic rings. The van der Waals surface area contributed by atoms with Crippen molar-refractivity contribution in [3.63, 3.8) is 0 Å². The monoisotopic (exact) mass is 1490 g/mol. The number of phosphoric acid groups is 1. The van der Waals surface area contributed by atoms with Crippen molar-refractivity contribution in [3.8, 4) is 0 Å². The van der Waals surface area contributed by atoms with E-state index >= 15 is 0 Å². The molecule has 0 aromatic rings. The van der Waals surface area contributed by atoms with Crippen LogP contribution in [0.25, 0.3) is 0 Å². The third-order valence-electron chi connectivity index (χ3n) is 20.2. The van der Waals surface area contributed by atoms with E-state index in [9.17, 15) is 58.1 Å². The van der Waals surface area contributed by atoms with Gasteiger partial charge in [-0.2, -0.15) is 0 Å². The van der Waals surface area contributed by atoms with Crippen molar-refractivity contribution >= 4 is 49.5 Å². The van der Waals surface area contributed by atoms with Crippen LogP contribution in [0.15, 0.2) is 0 Å². The molecule has 1 saturated carbocycles. The molecule has 2 unspecified atom stereocenters. The van der Waals surface area contributed by atoms with Gasteiger partial charge in [-0.15, -0.1) is 0 Å². The summed E-state index contributed by atoms with van der Waals surface area (Å²) in [7, 11) is -5.48. The topological polar surface area (TPSA) is 297 Å². The number of hydrogen-bond donors (Lipinski definition) is 6. The zero-order valence-electron chi connectivity index (χ0n) is 66.1. The van der Waals surface area contributed by atoms with Gasteiger partial charge in [0, 0.05) is 31.8 Å². The molecule has 1 fully saturated rings. The highest BCUT2D eigenvalue weighted by Crippen LogP contribution is 2.44. The number of ether oxygens (including phenoxy) is 5. The lowest BCUT2D eigenvalue weighted by molar-refractivity contribution is -0.181. The zero-order valence-corrected chi connectivity index (χ0v) is 67.0. The van der Waals surface area contributed by atoms with Crippen LogP contribution in [-0.4, -0.2) is 124 Å². The first-order valence-electron chi connectivity index (χ1n) is 42.4. The van der Waals surface area contributed by atoms with Crippen molar-refractivity contribution in [2.24, 2.45) is 5.92 Å². The maximum Gasteiger partial charge on any atom is 0.469 e. The molecule has 604 valence electrons. The number of aliphatic hydroxyl groups excluding tert-OH is 1. The number of aliphatic carboxylic acids is 1. The van der Waals surface area contributed by atoms with Gasteiger partial charge < -0.3 is 54.3 Å². The number of nitrogens with one attached hydrogen (secondary N) is 2. The Balaban J connectivity index is 3.85. The number of carboxylic acid groups (broad SMARTS) is 1. The number of esters is 4. The van der Waals surface area contributed by atoms with Crippen molar-refractivity contribution in [2.45, 2.75) is 463 Å². The van der Waals surface area contributed by atoms with Gasteiger partial charge in [0.15, 0.2) is 12.1 Å². The van der Waals surface area contributed by atoms with Gasteiger partial charge in [0.05, 0.1) is 38.0 Å².